The van der Waals surface area contributed by atoms with Gasteiger partial charge in [0, 0.05) is 22.3 Å². The SMILES string of the molecule is O=C(O)COc1ccc(SCC=C(c2ccc(I)cc2)c2ccc(I)cc2)c(Br)c1. The van der Waals surface area contributed by atoms with Crippen LogP contribution in [0.25, 0.3) is 5.57 Å². The summed E-state index contributed by atoms with van der Waals surface area (Å²) in [6.45, 7) is -0.350. The van der Waals surface area contributed by atoms with E-state index in [1.165, 1.54) is 23.8 Å². The number of halogens is 3. The first-order valence-corrected chi connectivity index (χ1v) is 12.8. The third kappa shape index (κ3) is 7.00. The molecule has 0 amide bonds. The van der Waals surface area contributed by atoms with Gasteiger partial charge in [0.05, 0.1) is 0 Å². The third-order valence-electron chi connectivity index (χ3n) is 4.10. The normalized spacial score (nSPS) is 10.5. The molecule has 154 valence electrons. The average molecular weight is 707 g/mol. The number of aliphatic carboxylic acids is 1. The predicted molar refractivity (Wildman–Crippen MR) is 143 cm³/mol. The van der Waals surface area contributed by atoms with E-state index in [1.807, 2.05) is 6.07 Å². The molecule has 3 aromatic rings. The molecule has 0 saturated heterocycles. The van der Waals surface area contributed by atoms with Crippen LogP contribution in [0.4, 0.5) is 0 Å². The number of hydrogen-bond acceptors (Lipinski definition) is 3. The summed E-state index contributed by atoms with van der Waals surface area (Å²) in [5.41, 5.74) is 3.58. The van der Waals surface area contributed by atoms with Crippen molar-refractivity contribution < 1.29 is 14.6 Å². The van der Waals surface area contributed by atoms with Gasteiger partial charge in [0.1, 0.15) is 5.75 Å². The van der Waals surface area contributed by atoms with Crippen LogP contribution in [0.15, 0.2) is 82.2 Å². The first-order chi connectivity index (χ1) is 14.4. The minimum absolute atomic E-state index is 0.350. The third-order valence-corrected chi connectivity index (χ3v) is 7.46. The highest BCUT2D eigenvalue weighted by Gasteiger charge is 2.08. The summed E-state index contributed by atoms with van der Waals surface area (Å²) in [5, 5.41) is 8.74. The molecule has 0 saturated carbocycles. The van der Waals surface area contributed by atoms with Crippen LogP contribution in [0, 0.1) is 7.14 Å². The summed E-state index contributed by atoms with van der Waals surface area (Å²) in [5.74, 6) is 0.331. The molecule has 0 radical (unpaired) electrons. The zero-order valence-corrected chi connectivity index (χ0v) is 22.4. The predicted octanol–water partition coefficient (Wildman–Crippen LogP) is 7.35. The molecular formula is C23H17BrI2O3S. The Morgan fingerprint density at radius 2 is 1.53 bits per heavy atom. The van der Waals surface area contributed by atoms with Gasteiger partial charge in [0.15, 0.2) is 6.61 Å². The van der Waals surface area contributed by atoms with Gasteiger partial charge in [-0.1, -0.05) is 30.3 Å². The maximum absolute atomic E-state index is 10.7. The topological polar surface area (TPSA) is 46.5 Å². The van der Waals surface area contributed by atoms with E-state index in [-0.39, 0.29) is 6.61 Å². The van der Waals surface area contributed by atoms with Gasteiger partial charge < -0.3 is 9.84 Å². The maximum Gasteiger partial charge on any atom is 0.341 e. The molecule has 3 rings (SSSR count). The number of ether oxygens (including phenoxy) is 1. The molecule has 0 unspecified atom stereocenters. The van der Waals surface area contributed by atoms with Gasteiger partial charge in [-0.3, -0.25) is 0 Å². The summed E-state index contributed by atoms with van der Waals surface area (Å²) in [4.78, 5) is 11.7. The van der Waals surface area contributed by atoms with Crippen molar-refractivity contribution in [1.82, 2.24) is 0 Å². The standard InChI is InChI=1S/C23H17BrI2O3S/c24-21-13-19(29-14-23(27)28)9-10-22(21)30-12-11-20(15-1-5-17(25)6-2-15)16-3-7-18(26)8-4-16/h1-11,13H,12,14H2,(H,27,28). The van der Waals surface area contributed by atoms with Crippen molar-refractivity contribution in [3.63, 3.8) is 0 Å². The van der Waals surface area contributed by atoms with E-state index in [9.17, 15) is 4.79 Å². The van der Waals surface area contributed by atoms with Crippen molar-refractivity contribution in [3.05, 3.63) is 95.5 Å². The number of thioether (sulfide) groups is 1. The molecule has 3 nitrogen and oxygen atoms in total. The lowest BCUT2D eigenvalue weighted by molar-refractivity contribution is -0.139. The van der Waals surface area contributed by atoms with Crippen LogP contribution in [0.5, 0.6) is 5.75 Å². The fourth-order valence-electron chi connectivity index (χ4n) is 2.71. The highest BCUT2D eigenvalue weighted by Crippen LogP contribution is 2.32. The van der Waals surface area contributed by atoms with Crippen molar-refractivity contribution >= 4 is 84.4 Å². The van der Waals surface area contributed by atoms with E-state index in [1.54, 1.807) is 23.9 Å². The summed E-state index contributed by atoms with van der Waals surface area (Å²) in [6.07, 6.45) is 2.25. The number of benzene rings is 3. The number of hydrogen-bond donors (Lipinski definition) is 1. The Hall–Kier alpha value is -1.04. The second kappa shape index (κ2) is 11.5. The van der Waals surface area contributed by atoms with Crippen LogP contribution >= 0.6 is 72.9 Å². The summed E-state index contributed by atoms with van der Waals surface area (Å²) < 4.78 is 8.53. The molecule has 0 heterocycles. The zero-order valence-electron chi connectivity index (χ0n) is 15.6. The lowest BCUT2D eigenvalue weighted by Crippen LogP contribution is -2.09. The molecule has 30 heavy (non-hydrogen) atoms. The van der Waals surface area contributed by atoms with E-state index in [0.717, 1.165) is 15.1 Å². The van der Waals surface area contributed by atoms with E-state index < -0.39 is 5.97 Å². The van der Waals surface area contributed by atoms with Crippen LogP contribution in [0.2, 0.25) is 0 Å². The molecule has 7 heteroatoms. The molecule has 0 aromatic heterocycles. The van der Waals surface area contributed by atoms with Gasteiger partial charge >= 0.3 is 5.97 Å². The molecule has 3 aromatic carbocycles. The van der Waals surface area contributed by atoms with Gasteiger partial charge in [0.25, 0.3) is 0 Å². The highest BCUT2D eigenvalue weighted by molar-refractivity contribution is 14.1. The summed E-state index contributed by atoms with van der Waals surface area (Å²) >= 11 is 9.90. The van der Waals surface area contributed by atoms with Gasteiger partial charge in [-0.15, -0.1) is 11.8 Å². The van der Waals surface area contributed by atoms with Crippen LogP contribution in [-0.4, -0.2) is 23.4 Å². The molecule has 0 aliphatic heterocycles. The maximum atomic E-state index is 10.7. The van der Waals surface area contributed by atoms with E-state index >= 15 is 0 Å². The number of rotatable bonds is 8. The molecule has 0 bridgehead atoms. The average Bonchev–Trinajstić information content (AvgIpc) is 2.72. The van der Waals surface area contributed by atoms with Crippen LogP contribution in [0.3, 0.4) is 0 Å². The Kier molecular flexibility index (Phi) is 9.09. The van der Waals surface area contributed by atoms with Crippen LogP contribution in [0.1, 0.15) is 11.1 Å². The minimum Gasteiger partial charge on any atom is -0.482 e. The van der Waals surface area contributed by atoms with E-state index in [4.69, 9.17) is 9.84 Å². The van der Waals surface area contributed by atoms with E-state index in [0.29, 0.717) is 5.75 Å². The first kappa shape index (κ1) is 23.6. The molecule has 0 aliphatic rings. The lowest BCUT2D eigenvalue weighted by atomic mass is 9.98. The molecular weight excluding hydrogens is 690 g/mol. The molecule has 0 aliphatic carbocycles. The van der Waals surface area contributed by atoms with Crippen molar-refractivity contribution in [2.45, 2.75) is 4.90 Å². The largest absolute Gasteiger partial charge is 0.482 e. The Labute approximate surface area is 215 Å². The van der Waals surface area contributed by atoms with Gasteiger partial charge in [-0.05, 0) is 120 Å². The van der Waals surface area contributed by atoms with Crippen molar-refractivity contribution in [2.75, 3.05) is 12.4 Å². The first-order valence-electron chi connectivity index (χ1n) is 8.91. The molecule has 1 N–H and O–H groups in total. The van der Waals surface area contributed by atoms with Crippen LogP contribution < -0.4 is 4.74 Å². The van der Waals surface area contributed by atoms with Crippen molar-refractivity contribution in [1.29, 1.82) is 0 Å². The van der Waals surface area contributed by atoms with Crippen molar-refractivity contribution in [3.8, 4) is 5.75 Å². The quantitative estimate of drug-likeness (QED) is 0.197. The Balaban J connectivity index is 1.78. The fourth-order valence-corrected chi connectivity index (χ4v) is 4.92. The van der Waals surface area contributed by atoms with Crippen LogP contribution in [-0.2, 0) is 4.79 Å². The number of carbonyl (C=O) groups is 1. The van der Waals surface area contributed by atoms with Gasteiger partial charge in [-0.25, -0.2) is 4.79 Å². The number of carboxylic acids is 1. The van der Waals surface area contributed by atoms with E-state index in [2.05, 4.69) is 116 Å². The van der Waals surface area contributed by atoms with Gasteiger partial charge in [-0.2, -0.15) is 0 Å². The second-order valence-corrected chi connectivity index (χ2v) is 10.6. The summed E-state index contributed by atoms with van der Waals surface area (Å²) in [7, 11) is 0. The molecule has 0 spiro atoms. The minimum atomic E-state index is -0.992. The smallest absolute Gasteiger partial charge is 0.341 e. The number of carboxylic acid groups (broad SMARTS) is 1. The monoisotopic (exact) mass is 706 g/mol. The van der Waals surface area contributed by atoms with Crippen molar-refractivity contribution in [2.24, 2.45) is 0 Å². The zero-order chi connectivity index (χ0) is 21.5. The van der Waals surface area contributed by atoms with Gasteiger partial charge in [0.2, 0.25) is 0 Å². The Bertz CT molecular complexity index is 1000. The lowest BCUT2D eigenvalue weighted by Gasteiger charge is -2.11. The fraction of sp³-hybridized carbons (Fsp3) is 0.0870. The molecule has 0 atom stereocenters. The Morgan fingerprint density at radius 3 is 2.03 bits per heavy atom. The Morgan fingerprint density at radius 1 is 0.967 bits per heavy atom. The summed E-state index contributed by atoms with van der Waals surface area (Å²) in [6, 6.07) is 22.6. The highest BCUT2D eigenvalue weighted by atomic mass is 127. The second-order valence-electron chi connectivity index (χ2n) is 6.22. The molecule has 0 fully saturated rings.